The molecule has 0 aliphatic carbocycles. The average Bonchev–Trinajstić information content (AvgIpc) is 2.74. The zero-order valence-corrected chi connectivity index (χ0v) is 10.2. The van der Waals surface area contributed by atoms with Crippen molar-refractivity contribution in [2.75, 3.05) is 0 Å². The van der Waals surface area contributed by atoms with Crippen LogP contribution in [0.25, 0.3) is 0 Å². The number of nitrogens with zero attached hydrogens (tertiary/aromatic N) is 3. The fraction of sp³-hybridized carbons (Fsp3) is 0.385. The predicted octanol–water partition coefficient (Wildman–Crippen LogP) is 1.66. The molecule has 4 nitrogen and oxygen atoms in total. The largest absolute Gasteiger partial charge is 0.385 e. The Bertz CT molecular complexity index is 476. The summed E-state index contributed by atoms with van der Waals surface area (Å²) in [5.41, 5.74) is 1.12. The van der Waals surface area contributed by atoms with E-state index in [0.717, 1.165) is 17.7 Å². The zero-order valence-electron chi connectivity index (χ0n) is 10.2. The first-order valence-corrected chi connectivity index (χ1v) is 5.69. The van der Waals surface area contributed by atoms with Gasteiger partial charge in [-0.05, 0) is 31.9 Å². The molecule has 0 aliphatic rings. The Labute approximate surface area is 101 Å². The Hall–Kier alpha value is -1.68. The minimum absolute atomic E-state index is 0.651. The van der Waals surface area contributed by atoms with Crippen molar-refractivity contribution in [2.24, 2.45) is 7.05 Å². The van der Waals surface area contributed by atoms with E-state index in [0.29, 0.717) is 6.42 Å². The van der Waals surface area contributed by atoms with Gasteiger partial charge in [-0.25, -0.2) is 0 Å². The van der Waals surface area contributed by atoms with Gasteiger partial charge >= 0.3 is 0 Å². The fourth-order valence-electron chi connectivity index (χ4n) is 1.84. The highest BCUT2D eigenvalue weighted by atomic mass is 16.3. The van der Waals surface area contributed by atoms with E-state index >= 15 is 0 Å². The number of aryl methyl sites for hydroxylation is 2. The Morgan fingerprint density at radius 1 is 1.35 bits per heavy atom. The van der Waals surface area contributed by atoms with Gasteiger partial charge in [0.15, 0.2) is 0 Å². The highest BCUT2D eigenvalue weighted by Crippen LogP contribution is 2.25. The highest BCUT2D eigenvalue weighted by Gasteiger charge is 2.23. The van der Waals surface area contributed by atoms with Crippen LogP contribution in [0.5, 0.6) is 0 Å². The summed E-state index contributed by atoms with van der Waals surface area (Å²) in [6.07, 6.45) is 6.63. The van der Waals surface area contributed by atoms with Crippen LogP contribution in [-0.2, 0) is 19.1 Å². The maximum Gasteiger partial charge on any atom is 0.0887 e. The Balaban J connectivity index is 2.06. The first-order valence-electron chi connectivity index (χ1n) is 5.69. The van der Waals surface area contributed by atoms with Gasteiger partial charge in [-0.3, -0.25) is 9.67 Å². The Morgan fingerprint density at radius 2 is 2.18 bits per heavy atom. The maximum atomic E-state index is 10.4. The Kier molecular flexibility index (Phi) is 3.24. The van der Waals surface area contributed by atoms with Crippen molar-refractivity contribution in [1.82, 2.24) is 14.8 Å². The maximum absolute atomic E-state index is 10.4. The highest BCUT2D eigenvalue weighted by molar-refractivity contribution is 5.17. The number of pyridine rings is 1. The summed E-state index contributed by atoms with van der Waals surface area (Å²) in [7, 11) is 1.91. The van der Waals surface area contributed by atoms with Crippen LogP contribution >= 0.6 is 0 Å². The Morgan fingerprint density at radius 3 is 2.76 bits per heavy atom. The van der Waals surface area contributed by atoms with E-state index in [1.165, 1.54) is 0 Å². The monoisotopic (exact) mass is 231 g/mol. The number of rotatable bonds is 4. The van der Waals surface area contributed by atoms with E-state index in [2.05, 4.69) is 10.1 Å². The third kappa shape index (κ3) is 2.71. The summed E-state index contributed by atoms with van der Waals surface area (Å²) >= 11 is 0. The van der Waals surface area contributed by atoms with E-state index < -0.39 is 5.60 Å². The van der Waals surface area contributed by atoms with Gasteiger partial charge in [0.1, 0.15) is 0 Å². The summed E-state index contributed by atoms with van der Waals surface area (Å²) < 4.78 is 1.83. The number of hydrogen-bond acceptors (Lipinski definition) is 3. The summed E-state index contributed by atoms with van der Waals surface area (Å²) in [4.78, 5) is 4.04. The number of aromatic nitrogens is 3. The molecule has 0 aromatic carbocycles. The molecule has 2 heterocycles. The molecule has 1 unspecified atom stereocenters. The SMILES string of the molecule is Cn1nccc1CCC(C)(O)c1cccnc1. The molecule has 0 radical (unpaired) electrons. The summed E-state index contributed by atoms with van der Waals surface area (Å²) in [6, 6.07) is 5.71. The lowest BCUT2D eigenvalue weighted by Gasteiger charge is -2.23. The van der Waals surface area contributed by atoms with E-state index in [9.17, 15) is 5.11 Å². The number of hydrogen-bond donors (Lipinski definition) is 1. The summed E-state index contributed by atoms with van der Waals surface area (Å²) in [5, 5.41) is 14.5. The van der Waals surface area contributed by atoms with Crippen molar-refractivity contribution >= 4 is 0 Å². The van der Waals surface area contributed by atoms with E-state index in [4.69, 9.17) is 0 Å². The summed E-state index contributed by atoms with van der Waals surface area (Å²) in [5.74, 6) is 0. The van der Waals surface area contributed by atoms with Crippen molar-refractivity contribution in [3.05, 3.63) is 48.0 Å². The molecule has 0 saturated carbocycles. The molecule has 2 aromatic heterocycles. The molecule has 2 aromatic rings. The quantitative estimate of drug-likeness (QED) is 0.870. The van der Waals surface area contributed by atoms with Crippen molar-refractivity contribution in [2.45, 2.75) is 25.4 Å². The van der Waals surface area contributed by atoms with E-state index in [1.54, 1.807) is 18.6 Å². The lowest BCUT2D eigenvalue weighted by molar-refractivity contribution is 0.0472. The summed E-state index contributed by atoms with van der Waals surface area (Å²) in [6.45, 7) is 1.82. The van der Waals surface area contributed by atoms with Crippen LogP contribution in [0.15, 0.2) is 36.8 Å². The molecule has 0 bridgehead atoms. The molecule has 17 heavy (non-hydrogen) atoms. The normalized spacial score (nSPS) is 14.5. The van der Waals surface area contributed by atoms with Crippen molar-refractivity contribution in [3.63, 3.8) is 0 Å². The molecule has 0 saturated heterocycles. The topological polar surface area (TPSA) is 50.9 Å². The van der Waals surface area contributed by atoms with Gasteiger partial charge in [0, 0.05) is 36.9 Å². The smallest absolute Gasteiger partial charge is 0.0887 e. The molecule has 0 aliphatic heterocycles. The van der Waals surface area contributed by atoms with Gasteiger partial charge in [-0.1, -0.05) is 6.07 Å². The van der Waals surface area contributed by atoms with Crippen LogP contribution in [-0.4, -0.2) is 19.9 Å². The lowest BCUT2D eigenvalue weighted by Crippen LogP contribution is -2.22. The third-order valence-electron chi connectivity index (χ3n) is 3.07. The van der Waals surface area contributed by atoms with E-state index in [1.807, 2.05) is 36.9 Å². The standard InChI is InChI=1S/C13H17N3O/c1-13(17,11-4-3-8-14-10-11)7-5-12-6-9-15-16(12)2/h3-4,6,8-10,17H,5,7H2,1-2H3. The van der Waals surface area contributed by atoms with Crippen LogP contribution in [0.2, 0.25) is 0 Å². The van der Waals surface area contributed by atoms with Crippen LogP contribution in [0.1, 0.15) is 24.6 Å². The molecular formula is C13H17N3O. The van der Waals surface area contributed by atoms with E-state index in [-0.39, 0.29) is 0 Å². The third-order valence-corrected chi connectivity index (χ3v) is 3.07. The molecular weight excluding hydrogens is 214 g/mol. The van der Waals surface area contributed by atoms with Gasteiger partial charge in [-0.2, -0.15) is 5.10 Å². The molecule has 2 rings (SSSR count). The van der Waals surface area contributed by atoms with Crippen LogP contribution in [0.4, 0.5) is 0 Å². The minimum atomic E-state index is -0.849. The second kappa shape index (κ2) is 4.67. The molecule has 0 amide bonds. The molecule has 0 spiro atoms. The van der Waals surface area contributed by atoms with Gasteiger partial charge in [0.2, 0.25) is 0 Å². The predicted molar refractivity (Wildman–Crippen MR) is 65.3 cm³/mol. The van der Waals surface area contributed by atoms with Crippen LogP contribution < -0.4 is 0 Å². The molecule has 4 heteroatoms. The molecule has 0 fully saturated rings. The average molecular weight is 231 g/mol. The first kappa shape index (κ1) is 11.8. The molecule has 1 atom stereocenters. The lowest BCUT2D eigenvalue weighted by atomic mass is 9.92. The van der Waals surface area contributed by atoms with Gasteiger partial charge in [-0.15, -0.1) is 0 Å². The second-order valence-electron chi connectivity index (χ2n) is 4.46. The van der Waals surface area contributed by atoms with Gasteiger partial charge < -0.3 is 5.11 Å². The molecule has 1 N–H and O–H groups in total. The van der Waals surface area contributed by atoms with Crippen LogP contribution in [0.3, 0.4) is 0 Å². The van der Waals surface area contributed by atoms with Gasteiger partial charge in [0.25, 0.3) is 0 Å². The van der Waals surface area contributed by atoms with Crippen molar-refractivity contribution in [1.29, 1.82) is 0 Å². The van der Waals surface area contributed by atoms with Crippen molar-refractivity contribution < 1.29 is 5.11 Å². The second-order valence-corrected chi connectivity index (χ2v) is 4.46. The van der Waals surface area contributed by atoms with Gasteiger partial charge in [0.05, 0.1) is 5.60 Å². The minimum Gasteiger partial charge on any atom is -0.385 e. The fourth-order valence-corrected chi connectivity index (χ4v) is 1.84. The van der Waals surface area contributed by atoms with Crippen LogP contribution in [0, 0.1) is 0 Å². The number of aliphatic hydroxyl groups is 1. The molecule has 90 valence electrons. The zero-order chi connectivity index (χ0) is 12.3. The first-order chi connectivity index (χ1) is 8.09. The van der Waals surface area contributed by atoms with Crippen molar-refractivity contribution in [3.8, 4) is 0 Å².